The SMILES string of the molecule is COc1c[c]ccc1Nc1cc2c(-c3ccnn3C)cccc2cn1. The van der Waals surface area contributed by atoms with E-state index in [0.717, 1.165) is 39.3 Å². The van der Waals surface area contributed by atoms with Crippen molar-refractivity contribution < 1.29 is 4.74 Å². The molecule has 0 unspecified atom stereocenters. The lowest BCUT2D eigenvalue weighted by Crippen LogP contribution is -1.97. The molecule has 2 heterocycles. The van der Waals surface area contributed by atoms with Gasteiger partial charge in [-0.1, -0.05) is 24.3 Å². The van der Waals surface area contributed by atoms with Crippen LogP contribution >= 0.6 is 0 Å². The van der Waals surface area contributed by atoms with E-state index in [1.807, 2.05) is 48.3 Å². The molecule has 0 saturated heterocycles. The van der Waals surface area contributed by atoms with Gasteiger partial charge in [-0.25, -0.2) is 4.98 Å². The molecule has 0 amide bonds. The lowest BCUT2D eigenvalue weighted by atomic mass is 10.0. The highest BCUT2D eigenvalue weighted by molar-refractivity contribution is 5.97. The number of hydrogen-bond acceptors (Lipinski definition) is 4. The Morgan fingerprint density at radius 3 is 2.92 bits per heavy atom. The van der Waals surface area contributed by atoms with Gasteiger partial charge in [-0.3, -0.25) is 4.68 Å². The molecule has 2 aromatic heterocycles. The van der Waals surface area contributed by atoms with Crippen LogP contribution in [0.2, 0.25) is 0 Å². The summed E-state index contributed by atoms with van der Waals surface area (Å²) in [6, 6.07) is 18.8. The number of nitrogens with one attached hydrogen (secondary N) is 1. The van der Waals surface area contributed by atoms with Crippen LogP contribution in [-0.2, 0) is 7.05 Å². The Hall–Kier alpha value is -3.34. The topological polar surface area (TPSA) is 52.0 Å². The smallest absolute Gasteiger partial charge is 0.142 e. The summed E-state index contributed by atoms with van der Waals surface area (Å²) in [4.78, 5) is 4.52. The average molecular weight is 329 g/mol. The van der Waals surface area contributed by atoms with Gasteiger partial charge in [-0.05, 0) is 35.7 Å². The lowest BCUT2D eigenvalue weighted by Gasteiger charge is -2.12. The van der Waals surface area contributed by atoms with Gasteiger partial charge in [0.2, 0.25) is 0 Å². The molecular formula is C20H17N4O. The first-order chi connectivity index (χ1) is 12.3. The number of pyridine rings is 1. The van der Waals surface area contributed by atoms with Crippen LogP contribution in [0.4, 0.5) is 11.5 Å². The highest BCUT2D eigenvalue weighted by Crippen LogP contribution is 2.31. The minimum absolute atomic E-state index is 0.726. The van der Waals surface area contributed by atoms with E-state index in [1.165, 1.54) is 0 Å². The second kappa shape index (κ2) is 6.28. The summed E-state index contributed by atoms with van der Waals surface area (Å²) in [7, 11) is 3.59. The fourth-order valence-electron chi connectivity index (χ4n) is 2.92. The van der Waals surface area contributed by atoms with Crippen LogP contribution < -0.4 is 10.1 Å². The van der Waals surface area contributed by atoms with Gasteiger partial charge in [0, 0.05) is 30.4 Å². The standard InChI is InChI=1S/C20H17N4O/c1-24-18(10-11-22-24)15-7-5-6-14-13-21-20(12-16(14)15)23-17-8-3-4-9-19(17)25-2/h3,5-13H,1-2H3,(H,21,23). The highest BCUT2D eigenvalue weighted by atomic mass is 16.5. The molecule has 0 atom stereocenters. The van der Waals surface area contributed by atoms with Gasteiger partial charge in [0.25, 0.3) is 0 Å². The van der Waals surface area contributed by atoms with E-state index < -0.39 is 0 Å². The zero-order chi connectivity index (χ0) is 17.2. The zero-order valence-corrected chi connectivity index (χ0v) is 14.0. The van der Waals surface area contributed by atoms with E-state index >= 15 is 0 Å². The molecule has 5 heteroatoms. The first-order valence-electron chi connectivity index (χ1n) is 7.94. The summed E-state index contributed by atoms with van der Waals surface area (Å²) in [5.41, 5.74) is 3.04. The van der Waals surface area contributed by atoms with Crippen LogP contribution in [0.3, 0.4) is 0 Å². The number of benzene rings is 2. The molecule has 0 aliphatic heterocycles. The highest BCUT2D eigenvalue weighted by Gasteiger charge is 2.09. The molecular weight excluding hydrogens is 312 g/mol. The molecule has 0 saturated carbocycles. The molecule has 0 aliphatic rings. The monoisotopic (exact) mass is 329 g/mol. The van der Waals surface area contributed by atoms with E-state index in [9.17, 15) is 0 Å². The van der Waals surface area contributed by atoms with Crippen LogP contribution in [0, 0.1) is 6.07 Å². The van der Waals surface area contributed by atoms with Crippen LogP contribution in [0.1, 0.15) is 0 Å². The third kappa shape index (κ3) is 2.80. The van der Waals surface area contributed by atoms with Crippen molar-refractivity contribution in [2.75, 3.05) is 12.4 Å². The minimum atomic E-state index is 0.726. The molecule has 5 nitrogen and oxygen atoms in total. The van der Waals surface area contributed by atoms with Crippen molar-refractivity contribution in [3.8, 4) is 17.0 Å². The maximum atomic E-state index is 5.37. The third-order valence-electron chi connectivity index (χ3n) is 4.17. The number of methoxy groups -OCH3 is 1. The zero-order valence-electron chi connectivity index (χ0n) is 14.0. The second-order valence-electron chi connectivity index (χ2n) is 5.69. The molecule has 4 aromatic rings. The van der Waals surface area contributed by atoms with Crippen LogP contribution in [0.5, 0.6) is 5.75 Å². The normalized spacial score (nSPS) is 10.8. The van der Waals surface area contributed by atoms with Crippen LogP contribution in [0.15, 0.2) is 60.9 Å². The fraction of sp³-hybridized carbons (Fsp3) is 0.100. The number of anilines is 2. The number of rotatable bonds is 4. The maximum absolute atomic E-state index is 5.37. The van der Waals surface area contributed by atoms with Crippen molar-refractivity contribution in [2.45, 2.75) is 0 Å². The van der Waals surface area contributed by atoms with Crippen molar-refractivity contribution in [1.29, 1.82) is 0 Å². The van der Waals surface area contributed by atoms with Gasteiger partial charge in [0.05, 0.1) is 18.5 Å². The Balaban J connectivity index is 1.81. The molecule has 1 N–H and O–H groups in total. The van der Waals surface area contributed by atoms with Gasteiger partial charge >= 0.3 is 0 Å². The van der Waals surface area contributed by atoms with Crippen molar-refractivity contribution in [1.82, 2.24) is 14.8 Å². The van der Waals surface area contributed by atoms with Crippen molar-refractivity contribution in [3.63, 3.8) is 0 Å². The molecule has 123 valence electrons. The summed E-state index contributed by atoms with van der Waals surface area (Å²) < 4.78 is 7.24. The number of fused-ring (bicyclic) bond motifs is 1. The van der Waals surface area contributed by atoms with Gasteiger partial charge < -0.3 is 10.1 Å². The van der Waals surface area contributed by atoms with Gasteiger partial charge in [0.1, 0.15) is 11.6 Å². The van der Waals surface area contributed by atoms with E-state index in [1.54, 1.807) is 19.4 Å². The molecule has 0 aliphatic carbocycles. The molecule has 25 heavy (non-hydrogen) atoms. The van der Waals surface area contributed by atoms with Crippen molar-refractivity contribution in [3.05, 3.63) is 67.0 Å². The molecule has 0 bridgehead atoms. The lowest BCUT2D eigenvalue weighted by molar-refractivity contribution is 0.416. The number of nitrogens with zero attached hydrogens (tertiary/aromatic N) is 3. The van der Waals surface area contributed by atoms with Gasteiger partial charge in [-0.15, -0.1) is 0 Å². The third-order valence-corrected chi connectivity index (χ3v) is 4.17. The van der Waals surface area contributed by atoms with E-state index in [0.29, 0.717) is 0 Å². The predicted molar refractivity (Wildman–Crippen MR) is 99.1 cm³/mol. The minimum Gasteiger partial charge on any atom is -0.495 e. The number of hydrogen-bond donors (Lipinski definition) is 1. The van der Waals surface area contributed by atoms with Gasteiger partial charge in [0.15, 0.2) is 0 Å². The Labute approximate surface area is 145 Å². The molecule has 0 fully saturated rings. The number of ether oxygens (including phenoxy) is 1. The molecule has 0 spiro atoms. The number of aryl methyl sites for hydroxylation is 1. The van der Waals surface area contributed by atoms with Crippen LogP contribution in [0.25, 0.3) is 22.0 Å². The van der Waals surface area contributed by atoms with Gasteiger partial charge in [-0.2, -0.15) is 5.10 Å². The molecule has 4 rings (SSSR count). The Kier molecular flexibility index (Phi) is 3.82. The molecule has 1 radical (unpaired) electrons. The largest absolute Gasteiger partial charge is 0.495 e. The van der Waals surface area contributed by atoms with E-state index in [2.05, 4.69) is 33.6 Å². The van der Waals surface area contributed by atoms with E-state index in [-0.39, 0.29) is 0 Å². The molecule has 2 aromatic carbocycles. The first kappa shape index (κ1) is 15.2. The van der Waals surface area contributed by atoms with Crippen molar-refractivity contribution >= 4 is 22.3 Å². The van der Waals surface area contributed by atoms with Crippen LogP contribution in [-0.4, -0.2) is 21.9 Å². The Bertz CT molecular complexity index is 1040. The maximum Gasteiger partial charge on any atom is 0.142 e. The fourth-order valence-corrected chi connectivity index (χ4v) is 2.92. The summed E-state index contributed by atoms with van der Waals surface area (Å²) in [6.07, 6.45) is 3.68. The summed E-state index contributed by atoms with van der Waals surface area (Å²) in [5, 5.41) is 9.80. The average Bonchev–Trinajstić information content (AvgIpc) is 3.07. The second-order valence-corrected chi connectivity index (χ2v) is 5.69. The van der Waals surface area contributed by atoms with E-state index in [4.69, 9.17) is 4.74 Å². The number of aromatic nitrogens is 3. The summed E-state index contributed by atoms with van der Waals surface area (Å²) in [6.45, 7) is 0. The summed E-state index contributed by atoms with van der Waals surface area (Å²) >= 11 is 0. The quantitative estimate of drug-likeness (QED) is 0.610. The Morgan fingerprint density at radius 2 is 2.12 bits per heavy atom. The van der Waals surface area contributed by atoms with Crippen molar-refractivity contribution in [2.24, 2.45) is 7.05 Å². The summed E-state index contributed by atoms with van der Waals surface area (Å²) in [5.74, 6) is 1.48. The first-order valence-corrected chi connectivity index (χ1v) is 7.94. The predicted octanol–water partition coefficient (Wildman–Crippen LogP) is 4.19. The Morgan fingerprint density at radius 1 is 1.20 bits per heavy atom.